The van der Waals surface area contributed by atoms with Crippen molar-refractivity contribution in [1.82, 2.24) is 0 Å². The molecule has 11 heavy (non-hydrogen) atoms. The van der Waals surface area contributed by atoms with E-state index < -0.39 is 3.23 Å². The summed E-state index contributed by atoms with van der Waals surface area (Å²) in [5.41, 5.74) is 0. The Morgan fingerprint density at radius 2 is 2.27 bits per heavy atom. The molecule has 1 nitrogen and oxygen atoms in total. The van der Waals surface area contributed by atoms with Crippen LogP contribution >= 0.6 is 31.9 Å². The number of ketones is 1. The summed E-state index contributed by atoms with van der Waals surface area (Å²) < 4.78 is -0.429. The molecule has 0 heterocycles. The van der Waals surface area contributed by atoms with E-state index in [9.17, 15) is 4.79 Å². The van der Waals surface area contributed by atoms with Crippen LogP contribution in [0.2, 0.25) is 0 Å². The van der Waals surface area contributed by atoms with Crippen molar-refractivity contribution in [3.8, 4) is 0 Å². The van der Waals surface area contributed by atoms with E-state index in [-0.39, 0.29) is 5.92 Å². The third-order valence-electron chi connectivity index (χ3n) is 2.51. The lowest BCUT2D eigenvalue weighted by molar-refractivity contribution is -0.132. The minimum absolute atomic E-state index is 0.277. The van der Waals surface area contributed by atoms with Gasteiger partial charge in [0, 0.05) is 11.8 Å². The van der Waals surface area contributed by atoms with Crippen LogP contribution in [-0.4, -0.2) is 9.02 Å². The molecule has 0 spiro atoms. The molecule has 2 aliphatic carbocycles. The first-order valence-corrected chi connectivity index (χ1v) is 5.31. The molecule has 60 valence electrons. The van der Waals surface area contributed by atoms with E-state index in [2.05, 4.69) is 44.0 Å². The van der Waals surface area contributed by atoms with Crippen LogP contribution in [0.5, 0.6) is 0 Å². The molecule has 2 aliphatic rings. The first kappa shape index (κ1) is 7.99. The Morgan fingerprint density at radius 1 is 1.55 bits per heavy atom. The van der Waals surface area contributed by atoms with Gasteiger partial charge in [0.1, 0.15) is 3.23 Å². The van der Waals surface area contributed by atoms with Crippen molar-refractivity contribution in [2.45, 2.75) is 16.1 Å². The number of halogens is 2. The fourth-order valence-corrected chi connectivity index (χ4v) is 3.35. The van der Waals surface area contributed by atoms with Crippen LogP contribution in [0, 0.1) is 11.8 Å². The number of hydrogen-bond donors (Lipinski definition) is 0. The molecule has 0 N–H and O–H groups in total. The minimum Gasteiger partial charge on any atom is -0.297 e. The average Bonchev–Trinajstić information content (AvgIpc) is 2.04. The van der Waals surface area contributed by atoms with Crippen molar-refractivity contribution in [2.24, 2.45) is 11.8 Å². The molecule has 0 aromatic rings. The van der Waals surface area contributed by atoms with Crippen LogP contribution in [-0.2, 0) is 4.79 Å². The third-order valence-corrected chi connectivity index (χ3v) is 4.34. The normalized spacial score (nSPS) is 39.6. The van der Waals surface area contributed by atoms with Gasteiger partial charge in [0.25, 0.3) is 0 Å². The Bertz CT molecular complexity index is 232. The molecular weight excluding hydrogens is 272 g/mol. The standard InChI is InChI=1S/C8H8Br2O/c9-8(10)6-4-2-1-3-5(6)7(8)11/h2,4-6H,1,3H2/t5-,6+/m1/s1. The Labute approximate surface area is 82.5 Å². The van der Waals surface area contributed by atoms with Crippen molar-refractivity contribution in [3.05, 3.63) is 12.2 Å². The molecule has 1 fully saturated rings. The molecule has 0 unspecified atom stereocenters. The number of carbonyl (C=O) groups excluding carboxylic acids is 1. The van der Waals surface area contributed by atoms with Crippen molar-refractivity contribution in [3.63, 3.8) is 0 Å². The molecule has 0 bridgehead atoms. The van der Waals surface area contributed by atoms with E-state index in [1.807, 2.05) is 0 Å². The number of alkyl halides is 2. The monoisotopic (exact) mass is 278 g/mol. The maximum atomic E-state index is 11.4. The second-order valence-electron chi connectivity index (χ2n) is 3.12. The number of fused-ring (bicyclic) bond motifs is 1. The van der Waals surface area contributed by atoms with Gasteiger partial charge in [-0.2, -0.15) is 0 Å². The Morgan fingerprint density at radius 3 is 2.91 bits per heavy atom. The summed E-state index contributed by atoms with van der Waals surface area (Å²) in [5, 5.41) is 0. The summed E-state index contributed by atoms with van der Waals surface area (Å²) in [5.74, 6) is 0.967. The maximum Gasteiger partial charge on any atom is 0.164 e. The quantitative estimate of drug-likeness (QED) is 0.492. The van der Waals surface area contributed by atoms with Crippen molar-refractivity contribution < 1.29 is 4.79 Å². The zero-order valence-electron chi connectivity index (χ0n) is 5.89. The number of hydrogen-bond acceptors (Lipinski definition) is 1. The van der Waals surface area contributed by atoms with Crippen LogP contribution in [0.4, 0.5) is 0 Å². The highest BCUT2D eigenvalue weighted by molar-refractivity contribution is 9.26. The van der Waals surface area contributed by atoms with Gasteiger partial charge in [-0.15, -0.1) is 0 Å². The van der Waals surface area contributed by atoms with E-state index in [4.69, 9.17) is 0 Å². The van der Waals surface area contributed by atoms with E-state index in [0.717, 1.165) is 12.8 Å². The first-order valence-electron chi connectivity index (χ1n) is 3.73. The minimum atomic E-state index is -0.429. The van der Waals surface area contributed by atoms with Crippen LogP contribution in [0.1, 0.15) is 12.8 Å². The van der Waals surface area contributed by atoms with Gasteiger partial charge in [-0.25, -0.2) is 0 Å². The molecule has 3 heteroatoms. The van der Waals surface area contributed by atoms with Crippen LogP contribution in [0.3, 0.4) is 0 Å². The fourth-order valence-electron chi connectivity index (χ4n) is 1.82. The molecule has 0 radical (unpaired) electrons. The number of Topliss-reactive ketones (excluding diaryl/α,β-unsaturated/α-hetero) is 1. The molecule has 2 atom stereocenters. The largest absolute Gasteiger partial charge is 0.297 e. The highest BCUT2D eigenvalue weighted by Gasteiger charge is 2.58. The van der Waals surface area contributed by atoms with E-state index in [1.165, 1.54) is 0 Å². The lowest BCUT2D eigenvalue weighted by Crippen LogP contribution is -2.55. The van der Waals surface area contributed by atoms with Gasteiger partial charge in [-0.1, -0.05) is 44.0 Å². The Kier molecular flexibility index (Phi) is 1.76. The van der Waals surface area contributed by atoms with Gasteiger partial charge in [0.2, 0.25) is 0 Å². The smallest absolute Gasteiger partial charge is 0.164 e. The van der Waals surface area contributed by atoms with Crippen LogP contribution in [0.15, 0.2) is 12.2 Å². The summed E-state index contributed by atoms with van der Waals surface area (Å²) in [6, 6.07) is 0. The van der Waals surface area contributed by atoms with Gasteiger partial charge in [0.15, 0.2) is 5.78 Å². The zero-order chi connectivity index (χ0) is 8.06. The van der Waals surface area contributed by atoms with Gasteiger partial charge in [0.05, 0.1) is 0 Å². The van der Waals surface area contributed by atoms with Crippen molar-refractivity contribution in [1.29, 1.82) is 0 Å². The molecule has 0 aromatic carbocycles. The van der Waals surface area contributed by atoms with Crippen LogP contribution in [0.25, 0.3) is 0 Å². The second kappa shape index (κ2) is 2.43. The van der Waals surface area contributed by atoms with Gasteiger partial charge in [-0.3, -0.25) is 4.79 Å². The number of rotatable bonds is 0. The summed E-state index contributed by atoms with van der Waals surface area (Å²) in [7, 11) is 0. The van der Waals surface area contributed by atoms with E-state index in [1.54, 1.807) is 0 Å². The Balaban J connectivity index is 2.27. The third kappa shape index (κ3) is 0.970. The molecule has 0 saturated heterocycles. The average molecular weight is 280 g/mol. The Hall–Kier alpha value is 0.370. The van der Waals surface area contributed by atoms with Gasteiger partial charge >= 0.3 is 0 Å². The summed E-state index contributed by atoms with van der Waals surface area (Å²) in [6.07, 6.45) is 6.38. The maximum absolute atomic E-state index is 11.4. The molecule has 1 saturated carbocycles. The predicted molar refractivity (Wildman–Crippen MR) is 50.9 cm³/mol. The van der Waals surface area contributed by atoms with Crippen LogP contribution < -0.4 is 0 Å². The summed E-state index contributed by atoms with van der Waals surface area (Å²) in [6.45, 7) is 0. The van der Waals surface area contributed by atoms with Crippen molar-refractivity contribution in [2.75, 3.05) is 0 Å². The highest BCUT2D eigenvalue weighted by atomic mass is 79.9. The SMILES string of the molecule is O=C1[C@@H]2CCC=C[C@@H]2C1(Br)Br. The van der Waals surface area contributed by atoms with Crippen molar-refractivity contribution >= 4 is 37.6 Å². The molecule has 0 aliphatic heterocycles. The highest BCUT2D eigenvalue weighted by Crippen LogP contribution is 2.55. The second-order valence-corrected chi connectivity index (χ2v) is 6.69. The topological polar surface area (TPSA) is 17.1 Å². The number of carbonyl (C=O) groups is 1. The van der Waals surface area contributed by atoms with Gasteiger partial charge < -0.3 is 0 Å². The summed E-state index contributed by atoms with van der Waals surface area (Å²) >= 11 is 6.77. The molecule has 0 aromatic heterocycles. The lowest BCUT2D eigenvalue weighted by Gasteiger charge is -2.46. The molecule has 0 amide bonds. The fraction of sp³-hybridized carbons (Fsp3) is 0.625. The van der Waals surface area contributed by atoms with E-state index in [0.29, 0.717) is 11.7 Å². The summed E-state index contributed by atoms with van der Waals surface area (Å²) in [4.78, 5) is 11.4. The predicted octanol–water partition coefficient (Wildman–Crippen LogP) is 2.64. The molecule has 2 rings (SSSR count). The molecular formula is C8H8Br2O. The van der Waals surface area contributed by atoms with E-state index >= 15 is 0 Å². The number of allylic oxidation sites excluding steroid dienone is 2. The zero-order valence-corrected chi connectivity index (χ0v) is 9.06. The first-order chi connectivity index (χ1) is 5.14. The van der Waals surface area contributed by atoms with Gasteiger partial charge in [-0.05, 0) is 12.8 Å². The lowest BCUT2D eigenvalue weighted by atomic mass is 9.67.